The number of methoxy groups -OCH3 is 1. The number of aliphatic hydroxyl groups is 1. The normalized spacial score (nSPS) is 13.4. The van der Waals surface area contributed by atoms with Crippen LogP contribution in [-0.2, 0) is 4.74 Å². The molecule has 0 aromatic rings. The molecular weight excluding hydrogens is 164 g/mol. The van der Waals surface area contributed by atoms with E-state index in [1.54, 1.807) is 7.11 Å². The van der Waals surface area contributed by atoms with Gasteiger partial charge in [0, 0.05) is 19.6 Å². The highest BCUT2D eigenvalue weighted by molar-refractivity contribution is 6.17. The summed E-state index contributed by atoms with van der Waals surface area (Å²) in [5, 5.41) is 9.29. The molecule has 0 aliphatic heterocycles. The second kappa shape index (κ2) is 8.31. The van der Waals surface area contributed by atoms with E-state index < -0.39 is 0 Å². The molecule has 0 bridgehead atoms. The molecule has 0 aromatic heterocycles. The predicted octanol–water partition coefficient (Wildman–Crippen LogP) is 1.79. The summed E-state index contributed by atoms with van der Waals surface area (Å²) < 4.78 is 4.86. The molecule has 0 radical (unpaired) electrons. The van der Waals surface area contributed by atoms with Crippen molar-refractivity contribution in [3.63, 3.8) is 0 Å². The molecule has 11 heavy (non-hydrogen) atoms. The summed E-state index contributed by atoms with van der Waals surface area (Å²) in [6.45, 7) is 0.734. The van der Waals surface area contributed by atoms with Gasteiger partial charge in [0.15, 0.2) is 0 Å². The largest absolute Gasteiger partial charge is 0.393 e. The Labute approximate surface area is 73.5 Å². The summed E-state index contributed by atoms with van der Waals surface area (Å²) in [4.78, 5) is 0. The van der Waals surface area contributed by atoms with E-state index in [0.717, 1.165) is 32.3 Å². The molecule has 0 saturated carbocycles. The molecule has 0 heterocycles. The topological polar surface area (TPSA) is 29.5 Å². The quantitative estimate of drug-likeness (QED) is 0.478. The van der Waals surface area contributed by atoms with Gasteiger partial charge in [-0.2, -0.15) is 0 Å². The highest BCUT2D eigenvalue weighted by Gasteiger charge is 2.01. The summed E-state index contributed by atoms with van der Waals surface area (Å²) >= 11 is 5.47. The summed E-state index contributed by atoms with van der Waals surface area (Å²) in [6, 6.07) is 0. The first-order valence-corrected chi connectivity index (χ1v) is 4.57. The van der Waals surface area contributed by atoms with Crippen molar-refractivity contribution in [3.8, 4) is 0 Å². The van der Waals surface area contributed by atoms with Gasteiger partial charge in [-0.1, -0.05) is 0 Å². The molecule has 0 amide bonds. The minimum atomic E-state index is -0.191. The molecular formula is C8H17ClO2. The van der Waals surface area contributed by atoms with Crippen molar-refractivity contribution in [1.82, 2.24) is 0 Å². The SMILES string of the molecule is COCCCC(O)CCCCl. The summed E-state index contributed by atoms with van der Waals surface area (Å²) in [7, 11) is 1.67. The summed E-state index contributed by atoms with van der Waals surface area (Å²) in [5.74, 6) is 0.640. The van der Waals surface area contributed by atoms with E-state index >= 15 is 0 Å². The number of ether oxygens (including phenoxy) is 1. The smallest absolute Gasteiger partial charge is 0.0541 e. The van der Waals surface area contributed by atoms with Crippen LogP contribution in [0.1, 0.15) is 25.7 Å². The molecule has 0 aliphatic carbocycles. The molecule has 1 unspecified atom stereocenters. The fourth-order valence-electron chi connectivity index (χ4n) is 0.920. The fraction of sp³-hybridized carbons (Fsp3) is 1.00. The van der Waals surface area contributed by atoms with E-state index in [-0.39, 0.29) is 6.10 Å². The highest BCUT2D eigenvalue weighted by Crippen LogP contribution is 2.05. The maximum Gasteiger partial charge on any atom is 0.0541 e. The van der Waals surface area contributed by atoms with E-state index in [1.807, 2.05) is 0 Å². The van der Waals surface area contributed by atoms with Crippen molar-refractivity contribution in [2.75, 3.05) is 19.6 Å². The van der Waals surface area contributed by atoms with Crippen LogP contribution in [0.2, 0.25) is 0 Å². The predicted molar refractivity (Wildman–Crippen MR) is 47.1 cm³/mol. The Balaban J connectivity index is 3.02. The highest BCUT2D eigenvalue weighted by atomic mass is 35.5. The van der Waals surface area contributed by atoms with Crippen LogP contribution in [0, 0.1) is 0 Å². The molecule has 0 fully saturated rings. The van der Waals surface area contributed by atoms with Crippen molar-refractivity contribution in [1.29, 1.82) is 0 Å². The van der Waals surface area contributed by atoms with Gasteiger partial charge < -0.3 is 9.84 Å². The minimum Gasteiger partial charge on any atom is -0.393 e. The zero-order valence-corrected chi connectivity index (χ0v) is 7.81. The van der Waals surface area contributed by atoms with Gasteiger partial charge in [0.05, 0.1) is 6.10 Å². The molecule has 2 nitrogen and oxygen atoms in total. The number of rotatable bonds is 7. The Bertz CT molecular complexity index is 78.5. The molecule has 0 saturated heterocycles. The van der Waals surface area contributed by atoms with E-state index in [9.17, 15) is 5.11 Å². The van der Waals surface area contributed by atoms with E-state index in [0.29, 0.717) is 5.88 Å². The Kier molecular flexibility index (Phi) is 8.47. The lowest BCUT2D eigenvalue weighted by atomic mass is 10.1. The monoisotopic (exact) mass is 180 g/mol. The third-order valence-corrected chi connectivity index (χ3v) is 1.82. The standard InChI is InChI=1S/C8H17ClO2/c1-11-7-3-5-8(10)4-2-6-9/h8,10H,2-7H2,1H3. The molecule has 1 N–H and O–H groups in total. The van der Waals surface area contributed by atoms with Crippen LogP contribution < -0.4 is 0 Å². The first-order chi connectivity index (χ1) is 5.31. The molecule has 0 rings (SSSR count). The first kappa shape index (κ1) is 11.2. The number of halogens is 1. The third kappa shape index (κ3) is 8.11. The second-order valence-corrected chi connectivity index (χ2v) is 3.00. The Morgan fingerprint density at radius 3 is 2.55 bits per heavy atom. The van der Waals surface area contributed by atoms with Gasteiger partial charge in [0.1, 0.15) is 0 Å². The number of hydrogen-bond acceptors (Lipinski definition) is 2. The maximum absolute atomic E-state index is 9.29. The van der Waals surface area contributed by atoms with Crippen molar-refractivity contribution in [3.05, 3.63) is 0 Å². The third-order valence-electron chi connectivity index (χ3n) is 1.56. The van der Waals surface area contributed by atoms with Crippen molar-refractivity contribution in [2.45, 2.75) is 31.8 Å². The van der Waals surface area contributed by atoms with Gasteiger partial charge >= 0.3 is 0 Å². The van der Waals surface area contributed by atoms with E-state index in [2.05, 4.69) is 0 Å². The zero-order chi connectivity index (χ0) is 8.53. The van der Waals surface area contributed by atoms with Crippen LogP contribution in [-0.4, -0.2) is 30.8 Å². The number of hydrogen-bond donors (Lipinski definition) is 1. The Morgan fingerprint density at radius 2 is 2.00 bits per heavy atom. The van der Waals surface area contributed by atoms with Gasteiger partial charge in [-0.3, -0.25) is 0 Å². The van der Waals surface area contributed by atoms with Gasteiger partial charge in [0.2, 0.25) is 0 Å². The lowest BCUT2D eigenvalue weighted by Gasteiger charge is -2.07. The maximum atomic E-state index is 9.29. The summed E-state index contributed by atoms with van der Waals surface area (Å²) in [6.07, 6.45) is 3.28. The van der Waals surface area contributed by atoms with Crippen molar-refractivity contribution in [2.24, 2.45) is 0 Å². The molecule has 3 heteroatoms. The molecule has 68 valence electrons. The Morgan fingerprint density at radius 1 is 1.36 bits per heavy atom. The van der Waals surface area contributed by atoms with Crippen molar-refractivity contribution >= 4 is 11.6 Å². The lowest BCUT2D eigenvalue weighted by molar-refractivity contribution is 0.128. The van der Waals surface area contributed by atoms with Crippen LogP contribution >= 0.6 is 11.6 Å². The minimum absolute atomic E-state index is 0.191. The molecule has 0 spiro atoms. The fourth-order valence-corrected chi connectivity index (χ4v) is 1.07. The van der Waals surface area contributed by atoms with Crippen molar-refractivity contribution < 1.29 is 9.84 Å². The van der Waals surface area contributed by atoms with Crippen LogP contribution in [0.5, 0.6) is 0 Å². The number of aliphatic hydroxyl groups excluding tert-OH is 1. The van der Waals surface area contributed by atoms with Gasteiger partial charge in [-0.25, -0.2) is 0 Å². The van der Waals surface area contributed by atoms with Gasteiger partial charge in [-0.05, 0) is 25.7 Å². The number of alkyl halides is 1. The van der Waals surface area contributed by atoms with Crippen LogP contribution in [0.4, 0.5) is 0 Å². The lowest BCUT2D eigenvalue weighted by Crippen LogP contribution is -2.07. The van der Waals surface area contributed by atoms with Crippen LogP contribution in [0.3, 0.4) is 0 Å². The Hall–Kier alpha value is 0.210. The molecule has 1 atom stereocenters. The average molecular weight is 181 g/mol. The first-order valence-electron chi connectivity index (χ1n) is 4.04. The van der Waals surface area contributed by atoms with Crippen LogP contribution in [0.25, 0.3) is 0 Å². The van der Waals surface area contributed by atoms with Crippen LogP contribution in [0.15, 0.2) is 0 Å². The average Bonchev–Trinajstić information content (AvgIpc) is 2.01. The molecule has 0 aliphatic rings. The van der Waals surface area contributed by atoms with E-state index in [1.165, 1.54) is 0 Å². The van der Waals surface area contributed by atoms with E-state index in [4.69, 9.17) is 16.3 Å². The van der Waals surface area contributed by atoms with Gasteiger partial charge in [0.25, 0.3) is 0 Å². The zero-order valence-electron chi connectivity index (χ0n) is 7.05. The second-order valence-electron chi connectivity index (χ2n) is 2.62. The summed E-state index contributed by atoms with van der Waals surface area (Å²) in [5.41, 5.74) is 0. The van der Waals surface area contributed by atoms with Gasteiger partial charge in [-0.15, -0.1) is 11.6 Å². The molecule has 0 aromatic carbocycles.